The lowest BCUT2D eigenvalue weighted by Gasteiger charge is -2.00. The number of hydrogen-bond acceptors (Lipinski definition) is 3. The minimum Gasteiger partial charge on any atom is -0.277 e. The summed E-state index contributed by atoms with van der Waals surface area (Å²) in [5.41, 5.74) is 0. The molecule has 0 bridgehead atoms. The van der Waals surface area contributed by atoms with Gasteiger partial charge in [-0.3, -0.25) is 15.0 Å². The highest BCUT2D eigenvalue weighted by molar-refractivity contribution is 9.11. The maximum Gasteiger partial charge on any atom is 0.171 e. The molecule has 0 atom stereocenters. The summed E-state index contributed by atoms with van der Waals surface area (Å²) in [5.74, 6) is 0. The van der Waals surface area contributed by atoms with Gasteiger partial charge in [0.15, 0.2) is 6.17 Å². The minimum atomic E-state index is -0.180. The van der Waals surface area contributed by atoms with Gasteiger partial charge in [-0.25, -0.2) is 0 Å². The van der Waals surface area contributed by atoms with Crippen LogP contribution in [0.25, 0.3) is 0 Å². The van der Waals surface area contributed by atoms with Gasteiger partial charge >= 0.3 is 0 Å². The van der Waals surface area contributed by atoms with E-state index in [0.29, 0.717) is 5.17 Å². The summed E-state index contributed by atoms with van der Waals surface area (Å²) in [6, 6.07) is 0. The molecule has 0 radical (unpaired) electrons. The average molecular weight is 249 g/mol. The van der Waals surface area contributed by atoms with Gasteiger partial charge in [-0.1, -0.05) is 27.5 Å². The third kappa shape index (κ3) is 2.53. The fourth-order valence-electron chi connectivity index (χ4n) is 0.674. The monoisotopic (exact) mass is 247 g/mol. The van der Waals surface area contributed by atoms with Crippen LogP contribution in [0.1, 0.15) is 0 Å². The maximum atomic E-state index is 5.68. The van der Waals surface area contributed by atoms with E-state index in [4.69, 9.17) is 11.6 Å². The lowest BCUT2D eigenvalue weighted by atomic mass is 10.4. The first kappa shape index (κ1) is 9.61. The van der Waals surface area contributed by atoms with Crippen molar-refractivity contribution >= 4 is 45.1 Å². The average Bonchev–Trinajstić information content (AvgIpc) is 2.56. The predicted molar refractivity (Wildman–Crippen MR) is 57.0 cm³/mol. The Labute approximate surface area is 84.1 Å². The molecule has 3 nitrogen and oxygen atoms in total. The lowest BCUT2D eigenvalue weighted by molar-refractivity contribution is 0.898. The standard InChI is InChI=1S/C7H7BrClN3/c1-10-6(9)4-5(8)7-11-2-3-12-7/h2-4,7H,1H3/b5-4+,10-6?. The molecule has 1 aliphatic rings. The Balaban J connectivity index is 2.69. The van der Waals surface area contributed by atoms with E-state index < -0.39 is 0 Å². The summed E-state index contributed by atoms with van der Waals surface area (Å²) < 4.78 is 0.808. The van der Waals surface area contributed by atoms with Gasteiger partial charge in [0.05, 0.1) is 0 Å². The van der Waals surface area contributed by atoms with E-state index in [0.717, 1.165) is 4.48 Å². The lowest BCUT2D eigenvalue weighted by Crippen LogP contribution is -1.97. The van der Waals surface area contributed by atoms with Crippen LogP contribution in [0.4, 0.5) is 0 Å². The van der Waals surface area contributed by atoms with Crippen LogP contribution in [0.5, 0.6) is 0 Å². The molecule has 64 valence electrons. The van der Waals surface area contributed by atoms with Crippen molar-refractivity contribution in [2.45, 2.75) is 6.17 Å². The molecule has 1 rings (SSSR count). The minimum absolute atomic E-state index is 0.180. The third-order valence-corrected chi connectivity index (χ3v) is 2.16. The normalized spacial score (nSPS) is 19.2. The van der Waals surface area contributed by atoms with Gasteiger partial charge in [0.25, 0.3) is 0 Å². The molecule has 0 aromatic rings. The van der Waals surface area contributed by atoms with Crippen LogP contribution in [0, 0.1) is 0 Å². The Kier molecular flexibility index (Phi) is 3.62. The molecule has 1 aliphatic heterocycles. The number of halogens is 2. The van der Waals surface area contributed by atoms with Gasteiger partial charge in [-0.05, 0) is 6.08 Å². The van der Waals surface area contributed by atoms with Gasteiger partial charge in [0, 0.05) is 24.0 Å². The molecule has 0 spiro atoms. The smallest absolute Gasteiger partial charge is 0.171 e. The van der Waals surface area contributed by atoms with Crippen LogP contribution in [0.3, 0.4) is 0 Å². The predicted octanol–water partition coefficient (Wildman–Crippen LogP) is 2.01. The Hall–Kier alpha value is -0.480. The largest absolute Gasteiger partial charge is 0.277 e. The van der Waals surface area contributed by atoms with E-state index in [2.05, 4.69) is 30.9 Å². The zero-order valence-corrected chi connectivity index (χ0v) is 8.75. The van der Waals surface area contributed by atoms with E-state index in [9.17, 15) is 0 Å². The first-order valence-electron chi connectivity index (χ1n) is 3.28. The first-order chi connectivity index (χ1) is 5.74. The zero-order valence-electron chi connectivity index (χ0n) is 6.41. The van der Waals surface area contributed by atoms with Crippen molar-refractivity contribution in [1.82, 2.24) is 0 Å². The van der Waals surface area contributed by atoms with E-state index in [1.807, 2.05) is 0 Å². The summed E-state index contributed by atoms with van der Waals surface area (Å²) in [4.78, 5) is 11.9. The molecule has 1 heterocycles. The number of aliphatic imine (C=N–C) groups is 3. The summed E-state index contributed by atoms with van der Waals surface area (Å²) >= 11 is 8.99. The van der Waals surface area contributed by atoms with Crippen molar-refractivity contribution in [3.63, 3.8) is 0 Å². The quantitative estimate of drug-likeness (QED) is 0.671. The molecule has 0 aromatic heterocycles. The topological polar surface area (TPSA) is 37.1 Å². The first-order valence-corrected chi connectivity index (χ1v) is 4.45. The molecule has 0 N–H and O–H groups in total. The van der Waals surface area contributed by atoms with Crippen LogP contribution < -0.4 is 0 Å². The SMILES string of the molecule is CN=C(Cl)/C=C(/Br)C1N=CC=N1. The van der Waals surface area contributed by atoms with Crippen molar-refractivity contribution in [3.8, 4) is 0 Å². The van der Waals surface area contributed by atoms with Gasteiger partial charge < -0.3 is 0 Å². The molecule has 0 aromatic carbocycles. The van der Waals surface area contributed by atoms with Crippen LogP contribution >= 0.6 is 27.5 Å². The molecule has 5 heteroatoms. The Morgan fingerprint density at radius 3 is 2.67 bits per heavy atom. The van der Waals surface area contributed by atoms with Crippen LogP contribution in [0.2, 0.25) is 0 Å². The molecule has 12 heavy (non-hydrogen) atoms. The van der Waals surface area contributed by atoms with Crippen LogP contribution in [-0.4, -0.2) is 30.8 Å². The molecule has 0 aliphatic carbocycles. The Bertz CT molecular complexity index is 268. The highest BCUT2D eigenvalue weighted by Crippen LogP contribution is 2.17. The molecule has 0 saturated heterocycles. The highest BCUT2D eigenvalue weighted by atomic mass is 79.9. The number of allylic oxidation sites excluding steroid dienone is 1. The number of rotatable bonds is 2. The number of nitrogens with zero attached hydrogens (tertiary/aromatic N) is 3. The van der Waals surface area contributed by atoms with Crippen molar-refractivity contribution in [3.05, 3.63) is 10.6 Å². The maximum absolute atomic E-state index is 5.68. The second-order valence-corrected chi connectivity index (χ2v) is 3.35. The second kappa shape index (κ2) is 4.52. The van der Waals surface area contributed by atoms with Crippen LogP contribution in [0.15, 0.2) is 25.5 Å². The van der Waals surface area contributed by atoms with Gasteiger partial charge in [-0.2, -0.15) is 0 Å². The van der Waals surface area contributed by atoms with Gasteiger partial charge in [0.2, 0.25) is 0 Å². The van der Waals surface area contributed by atoms with Crippen molar-refractivity contribution in [1.29, 1.82) is 0 Å². The molecule has 0 amide bonds. The van der Waals surface area contributed by atoms with Crippen LogP contribution in [-0.2, 0) is 0 Å². The molecule has 0 unspecified atom stereocenters. The molecular weight excluding hydrogens is 241 g/mol. The summed E-state index contributed by atoms with van der Waals surface area (Å²) in [7, 11) is 1.63. The second-order valence-electron chi connectivity index (χ2n) is 2.05. The van der Waals surface area contributed by atoms with E-state index >= 15 is 0 Å². The molecule has 0 saturated carbocycles. The summed E-state index contributed by atoms with van der Waals surface area (Å²) in [5, 5.41) is 0.430. The Morgan fingerprint density at radius 2 is 2.17 bits per heavy atom. The van der Waals surface area contributed by atoms with Gasteiger partial charge in [-0.15, -0.1) is 0 Å². The highest BCUT2D eigenvalue weighted by Gasteiger charge is 2.09. The van der Waals surface area contributed by atoms with E-state index in [1.54, 1.807) is 25.6 Å². The molecular formula is C7H7BrClN3. The Morgan fingerprint density at radius 1 is 1.58 bits per heavy atom. The van der Waals surface area contributed by atoms with Gasteiger partial charge in [0.1, 0.15) is 5.17 Å². The van der Waals surface area contributed by atoms with E-state index in [-0.39, 0.29) is 6.17 Å². The summed E-state index contributed by atoms with van der Waals surface area (Å²) in [6.07, 6.45) is 4.81. The third-order valence-electron chi connectivity index (χ3n) is 1.24. The van der Waals surface area contributed by atoms with Crippen molar-refractivity contribution in [2.75, 3.05) is 7.05 Å². The zero-order chi connectivity index (χ0) is 8.97. The fourth-order valence-corrected chi connectivity index (χ4v) is 1.38. The molecule has 0 fully saturated rings. The van der Waals surface area contributed by atoms with Crippen molar-refractivity contribution in [2.24, 2.45) is 15.0 Å². The van der Waals surface area contributed by atoms with Crippen molar-refractivity contribution < 1.29 is 0 Å². The number of hydrogen-bond donors (Lipinski definition) is 0. The fraction of sp³-hybridized carbons (Fsp3) is 0.286. The summed E-state index contributed by atoms with van der Waals surface area (Å²) in [6.45, 7) is 0. The van der Waals surface area contributed by atoms with E-state index in [1.165, 1.54) is 0 Å².